The number of halogens is 3. The molecule has 0 aliphatic carbocycles. The third kappa shape index (κ3) is 2.98. The number of hydrogen-bond donors (Lipinski definition) is 0. The van der Waals surface area contributed by atoms with Gasteiger partial charge in [0, 0.05) is 12.5 Å². The van der Waals surface area contributed by atoms with Gasteiger partial charge in [0.2, 0.25) is 0 Å². The van der Waals surface area contributed by atoms with Crippen LogP contribution in [0.1, 0.15) is 23.4 Å². The first-order valence-corrected chi connectivity index (χ1v) is 6.66. The van der Waals surface area contributed by atoms with Gasteiger partial charge in [-0.2, -0.15) is 13.2 Å². The molecule has 90 valence electrons. The van der Waals surface area contributed by atoms with Crippen LogP contribution in [-0.2, 0) is 15.7 Å². The molecule has 2 unspecified atom stereocenters. The van der Waals surface area contributed by atoms with Gasteiger partial charge in [0.1, 0.15) is 5.69 Å². The van der Waals surface area contributed by atoms with Crippen LogP contribution in [-0.4, -0.2) is 21.3 Å². The normalized spacial score (nSPS) is 17.8. The van der Waals surface area contributed by atoms with E-state index in [9.17, 15) is 17.4 Å². The summed E-state index contributed by atoms with van der Waals surface area (Å²) in [5, 5.41) is -0.415. The van der Waals surface area contributed by atoms with Crippen LogP contribution < -0.4 is 0 Å². The summed E-state index contributed by atoms with van der Waals surface area (Å²) in [6.07, 6.45) is -1.88. The number of pyridine rings is 1. The molecule has 0 N–H and O–H groups in total. The van der Waals surface area contributed by atoms with Gasteiger partial charge in [0.25, 0.3) is 0 Å². The molecule has 0 bridgehead atoms. The van der Waals surface area contributed by atoms with E-state index in [-0.39, 0.29) is 0 Å². The van der Waals surface area contributed by atoms with E-state index in [0.717, 1.165) is 12.3 Å². The second-order valence-corrected chi connectivity index (χ2v) is 6.54. The van der Waals surface area contributed by atoms with Gasteiger partial charge >= 0.3 is 6.18 Å². The van der Waals surface area contributed by atoms with Crippen molar-refractivity contribution in [1.29, 1.82) is 0 Å². The molecule has 0 aromatic carbocycles. The maximum Gasteiger partial charge on any atom is 0.433 e. The molecule has 0 saturated carbocycles. The Labute approximate surface area is 92.5 Å². The van der Waals surface area contributed by atoms with Gasteiger partial charge in [0.05, 0.1) is 5.25 Å². The number of rotatable bonds is 2. The molecule has 1 aromatic rings. The van der Waals surface area contributed by atoms with E-state index in [0.29, 0.717) is 5.56 Å². The Morgan fingerprint density at radius 2 is 2.00 bits per heavy atom. The van der Waals surface area contributed by atoms with Gasteiger partial charge in [-0.05, 0) is 33.9 Å². The number of hydrogen-bond acceptors (Lipinski definition) is 2. The standard InChI is InChI=1S/C10H12F3NOS/c1-7(16(2,3)15)8-4-5-9(14-6-8)10(11,12)13/h4-7H,2H2,1,3H3. The number of alkyl halides is 3. The van der Waals surface area contributed by atoms with Crippen molar-refractivity contribution < 1.29 is 17.4 Å². The van der Waals surface area contributed by atoms with Crippen molar-refractivity contribution in [2.24, 2.45) is 0 Å². The largest absolute Gasteiger partial charge is 0.433 e. The summed E-state index contributed by atoms with van der Waals surface area (Å²) >= 11 is 0. The maximum atomic E-state index is 12.2. The van der Waals surface area contributed by atoms with Gasteiger partial charge in [-0.1, -0.05) is 6.07 Å². The smallest absolute Gasteiger partial charge is 0.268 e. The Kier molecular flexibility index (Phi) is 3.33. The van der Waals surface area contributed by atoms with Crippen LogP contribution >= 0.6 is 0 Å². The van der Waals surface area contributed by atoms with Crippen molar-refractivity contribution in [1.82, 2.24) is 4.98 Å². The van der Waals surface area contributed by atoms with Crippen molar-refractivity contribution >= 4 is 15.4 Å². The molecule has 16 heavy (non-hydrogen) atoms. The predicted molar refractivity (Wildman–Crippen MR) is 58.8 cm³/mol. The van der Waals surface area contributed by atoms with E-state index in [1.165, 1.54) is 12.3 Å². The summed E-state index contributed by atoms with van der Waals surface area (Å²) < 4.78 is 48.3. The molecular formula is C10H12F3NOS. The summed E-state index contributed by atoms with van der Waals surface area (Å²) in [5.41, 5.74) is -0.453. The lowest BCUT2D eigenvalue weighted by Gasteiger charge is -2.14. The highest BCUT2D eigenvalue weighted by atomic mass is 32.2. The molecule has 0 radical (unpaired) electrons. The van der Waals surface area contributed by atoms with E-state index < -0.39 is 26.6 Å². The summed E-state index contributed by atoms with van der Waals surface area (Å²) in [5.74, 6) is 3.50. The molecular weight excluding hydrogens is 239 g/mol. The molecule has 0 fully saturated rings. The zero-order valence-corrected chi connectivity index (χ0v) is 9.73. The van der Waals surface area contributed by atoms with E-state index in [4.69, 9.17) is 0 Å². The quantitative estimate of drug-likeness (QED) is 0.756. The van der Waals surface area contributed by atoms with Crippen LogP contribution in [0.4, 0.5) is 13.2 Å². The molecule has 2 atom stereocenters. The van der Waals surface area contributed by atoms with E-state index in [1.807, 2.05) is 0 Å². The summed E-state index contributed by atoms with van der Waals surface area (Å²) in [7, 11) is -2.33. The molecule has 0 aliphatic heterocycles. The van der Waals surface area contributed by atoms with E-state index in [2.05, 4.69) is 10.9 Å². The van der Waals surface area contributed by atoms with Crippen LogP contribution in [0.5, 0.6) is 0 Å². The number of nitrogens with zero attached hydrogens (tertiary/aromatic N) is 1. The van der Waals surface area contributed by atoms with Crippen LogP contribution in [0.15, 0.2) is 18.3 Å². The molecule has 0 aliphatic rings. The van der Waals surface area contributed by atoms with E-state index >= 15 is 0 Å². The molecule has 1 aromatic heterocycles. The van der Waals surface area contributed by atoms with Crippen LogP contribution in [0.3, 0.4) is 0 Å². The minimum absolute atomic E-state index is 0.415. The SMILES string of the molecule is C=S(C)(=O)C(C)c1ccc(C(F)(F)F)nc1. The number of aromatic nitrogens is 1. The molecule has 6 heteroatoms. The van der Waals surface area contributed by atoms with Crippen molar-refractivity contribution in [2.45, 2.75) is 18.3 Å². The highest BCUT2D eigenvalue weighted by molar-refractivity contribution is 7.99. The van der Waals surface area contributed by atoms with Crippen LogP contribution in [0.25, 0.3) is 0 Å². The molecule has 0 spiro atoms. The topological polar surface area (TPSA) is 30.0 Å². The molecule has 0 amide bonds. The van der Waals surface area contributed by atoms with Crippen LogP contribution in [0.2, 0.25) is 0 Å². The van der Waals surface area contributed by atoms with Crippen molar-refractivity contribution in [3.05, 3.63) is 29.6 Å². The van der Waals surface area contributed by atoms with Crippen LogP contribution in [0, 0.1) is 0 Å². The zero-order valence-electron chi connectivity index (χ0n) is 8.91. The molecule has 2 nitrogen and oxygen atoms in total. The first-order chi connectivity index (χ1) is 7.12. The molecule has 0 saturated heterocycles. The summed E-state index contributed by atoms with van der Waals surface area (Å²) in [6, 6.07) is 2.17. The third-order valence-corrected chi connectivity index (χ3v) is 4.06. The highest BCUT2D eigenvalue weighted by Crippen LogP contribution is 2.28. The fraction of sp³-hybridized carbons (Fsp3) is 0.400. The van der Waals surface area contributed by atoms with Gasteiger partial charge in [0.15, 0.2) is 0 Å². The van der Waals surface area contributed by atoms with Gasteiger partial charge in [-0.25, -0.2) is 0 Å². The molecule has 1 heterocycles. The average Bonchev–Trinajstić information content (AvgIpc) is 2.14. The minimum Gasteiger partial charge on any atom is -0.268 e. The average molecular weight is 251 g/mol. The fourth-order valence-corrected chi connectivity index (χ4v) is 1.82. The van der Waals surface area contributed by atoms with Crippen molar-refractivity contribution in [3.8, 4) is 0 Å². The fourth-order valence-electron chi connectivity index (χ4n) is 1.10. The lowest BCUT2D eigenvalue weighted by Crippen LogP contribution is -2.11. The van der Waals surface area contributed by atoms with Gasteiger partial charge in [-0.15, -0.1) is 0 Å². The monoisotopic (exact) mass is 251 g/mol. The third-order valence-electron chi connectivity index (χ3n) is 2.29. The maximum absolute atomic E-state index is 12.2. The summed E-state index contributed by atoms with van der Waals surface area (Å²) in [4.78, 5) is 3.31. The first-order valence-electron chi connectivity index (χ1n) is 4.46. The summed E-state index contributed by atoms with van der Waals surface area (Å²) in [6.45, 7) is 1.65. The Hall–Kier alpha value is -1.04. The first kappa shape index (κ1) is 13.0. The lowest BCUT2D eigenvalue weighted by molar-refractivity contribution is -0.141. The zero-order chi connectivity index (χ0) is 12.6. The van der Waals surface area contributed by atoms with E-state index in [1.54, 1.807) is 6.92 Å². The Bertz CT molecular complexity index is 462. The minimum atomic E-state index is -4.44. The lowest BCUT2D eigenvalue weighted by atomic mass is 10.2. The Morgan fingerprint density at radius 3 is 2.31 bits per heavy atom. The molecule has 1 rings (SSSR count). The second kappa shape index (κ2) is 4.08. The van der Waals surface area contributed by atoms with Crippen molar-refractivity contribution in [2.75, 3.05) is 6.26 Å². The van der Waals surface area contributed by atoms with Gasteiger partial charge < -0.3 is 0 Å². The Balaban J connectivity index is 3.05. The van der Waals surface area contributed by atoms with Gasteiger partial charge in [-0.3, -0.25) is 9.19 Å². The Morgan fingerprint density at radius 1 is 1.44 bits per heavy atom. The predicted octanol–water partition coefficient (Wildman–Crippen LogP) is 2.51. The van der Waals surface area contributed by atoms with Crippen molar-refractivity contribution in [3.63, 3.8) is 0 Å². The second-order valence-electron chi connectivity index (χ2n) is 3.69. The highest BCUT2D eigenvalue weighted by Gasteiger charge is 2.32.